The highest BCUT2D eigenvalue weighted by Crippen LogP contribution is 2.28. The molecule has 1 heterocycles. The highest BCUT2D eigenvalue weighted by molar-refractivity contribution is 7.89. The first-order valence-electron chi connectivity index (χ1n) is 10.0. The summed E-state index contributed by atoms with van der Waals surface area (Å²) in [5.41, 5.74) is 0.977. The number of benzene rings is 2. The first kappa shape index (κ1) is 21.8. The zero-order chi connectivity index (χ0) is 20.9. The number of para-hydroxylation sites is 1. The summed E-state index contributed by atoms with van der Waals surface area (Å²) in [6.45, 7) is 4.68. The number of ether oxygens (including phenoxy) is 1. The molecule has 158 valence electrons. The molecular formula is C22H30N2O4S. The summed E-state index contributed by atoms with van der Waals surface area (Å²) < 4.78 is 34.7. The van der Waals surface area contributed by atoms with Crippen LogP contribution < -0.4 is 14.8 Å². The van der Waals surface area contributed by atoms with E-state index in [-0.39, 0.29) is 23.6 Å². The van der Waals surface area contributed by atoms with E-state index in [2.05, 4.69) is 23.9 Å². The van der Waals surface area contributed by atoms with Gasteiger partial charge in [0.1, 0.15) is 11.9 Å². The smallest absolute Gasteiger partial charge is 0.240 e. The molecule has 0 amide bonds. The van der Waals surface area contributed by atoms with E-state index in [1.165, 1.54) is 0 Å². The third-order valence-corrected chi connectivity index (χ3v) is 6.59. The quantitative estimate of drug-likeness (QED) is 0.582. The van der Waals surface area contributed by atoms with Crippen LogP contribution in [0.1, 0.15) is 25.8 Å². The Kier molecular flexibility index (Phi) is 7.29. The molecule has 0 radical (unpaired) electrons. The Hall–Kier alpha value is -1.93. The maximum atomic E-state index is 12.9. The van der Waals surface area contributed by atoms with Crippen molar-refractivity contribution < 1.29 is 18.3 Å². The fourth-order valence-electron chi connectivity index (χ4n) is 3.64. The van der Waals surface area contributed by atoms with Gasteiger partial charge in [-0.15, -0.1) is 0 Å². The van der Waals surface area contributed by atoms with Crippen LogP contribution in [0.25, 0.3) is 0 Å². The largest absolute Gasteiger partial charge is 0.487 e. The van der Waals surface area contributed by atoms with Crippen LogP contribution in [-0.2, 0) is 16.4 Å². The fraction of sp³-hybridized carbons (Fsp3) is 0.455. The van der Waals surface area contributed by atoms with Crippen molar-refractivity contribution >= 4 is 10.0 Å². The molecule has 7 heteroatoms. The zero-order valence-electron chi connectivity index (χ0n) is 16.9. The van der Waals surface area contributed by atoms with Crippen molar-refractivity contribution in [2.24, 2.45) is 5.92 Å². The monoisotopic (exact) mass is 418 g/mol. The van der Waals surface area contributed by atoms with Gasteiger partial charge < -0.3 is 15.2 Å². The van der Waals surface area contributed by atoms with Crippen molar-refractivity contribution in [1.82, 2.24) is 10.0 Å². The standard InChI is InChI=1S/C22H30N2O4S/c1-16(2)12-18(15-25)23-14-22-20(13-17-8-6-7-11-21(17)28-22)24-29(26,27)19-9-4-3-5-10-19/h3-11,16,18,20,22-25H,12-15H2,1-2H3/t18-,20?,22?/m1/s1. The van der Waals surface area contributed by atoms with Gasteiger partial charge in [-0.2, -0.15) is 0 Å². The molecule has 0 fully saturated rings. The first-order valence-corrected chi connectivity index (χ1v) is 11.5. The van der Waals surface area contributed by atoms with Crippen molar-refractivity contribution in [3.05, 3.63) is 60.2 Å². The van der Waals surface area contributed by atoms with Crippen LogP contribution in [-0.4, -0.2) is 44.9 Å². The van der Waals surface area contributed by atoms with Crippen LogP contribution in [0, 0.1) is 5.92 Å². The van der Waals surface area contributed by atoms with Crippen molar-refractivity contribution in [2.75, 3.05) is 13.2 Å². The van der Waals surface area contributed by atoms with Crippen LogP contribution in [0.15, 0.2) is 59.5 Å². The second kappa shape index (κ2) is 9.71. The Morgan fingerprint density at radius 2 is 1.79 bits per heavy atom. The molecule has 0 saturated heterocycles. The van der Waals surface area contributed by atoms with E-state index in [4.69, 9.17) is 4.74 Å². The predicted molar refractivity (Wildman–Crippen MR) is 113 cm³/mol. The molecule has 0 spiro atoms. The summed E-state index contributed by atoms with van der Waals surface area (Å²) in [5, 5.41) is 13.0. The van der Waals surface area contributed by atoms with E-state index in [1.54, 1.807) is 30.3 Å². The minimum absolute atomic E-state index is 0.0297. The Bertz CT molecular complexity index is 887. The molecule has 2 aromatic rings. The van der Waals surface area contributed by atoms with Gasteiger partial charge in [0.2, 0.25) is 10.0 Å². The molecule has 0 aromatic heterocycles. The lowest BCUT2D eigenvalue weighted by molar-refractivity contribution is 0.128. The van der Waals surface area contributed by atoms with Gasteiger partial charge in [0, 0.05) is 12.6 Å². The minimum atomic E-state index is -3.67. The van der Waals surface area contributed by atoms with E-state index < -0.39 is 16.1 Å². The summed E-state index contributed by atoms with van der Waals surface area (Å²) in [4.78, 5) is 0.235. The van der Waals surface area contributed by atoms with E-state index in [0.717, 1.165) is 17.7 Å². The fourth-order valence-corrected chi connectivity index (χ4v) is 4.93. The van der Waals surface area contributed by atoms with Gasteiger partial charge in [0.25, 0.3) is 0 Å². The second-order valence-corrected chi connectivity index (χ2v) is 9.64. The maximum Gasteiger partial charge on any atom is 0.240 e. The van der Waals surface area contributed by atoms with Crippen molar-refractivity contribution in [2.45, 2.75) is 49.8 Å². The van der Waals surface area contributed by atoms with Gasteiger partial charge in [-0.3, -0.25) is 0 Å². The number of hydrogen-bond acceptors (Lipinski definition) is 5. The molecule has 2 unspecified atom stereocenters. The molecule has 0 saturated carbocycles. The maximum absolute atomic E-state index is 12.9. The number of rotatable bonds is 9. The van der Waals surface area contributed by atoms with Crippen LogP contribution in [0.4, 0.5) is 0 Å². The molecule has 29 heavy (non-hydrogen) atoms. The molecule has 0 aliphatic carbocycles. The Morgan fingerprint density at radius 1 is 1.10 bits per heavy atom. The Balaban J connectivity index is 1.78. The van der Waals surface area contributed by atoms with Gasteiger partial charge in [0.05, 0.1) is 17.5 Å². The highest BCUT2D eigenvalue weighted by atomic mass is 32.2. The highest BCUT2D eigenvalue weighted by Gasteiger charge is 2.33. The van der Waals surface area contributed by atoms with E-state index >= 15 is 0 Å². The Morgan fingerprint density at radius 3 is 2.48 bits per heavy atom. The minimum Gasteiger partial charge on any atom is -0.487 e. The molecule has 1 aliphatic rings. The topological polar surface area (TPSA) is 87.7 Å². The number of hydrogen-bond donors (Lipinski definition) is 3. The molecule has 2 aromatic carbocycles. The summed E-state index contributed by atoms with van der Waals surface area (Å²) in [5.74, 6) is 1.22. The molecule has 3 rings (SSSR count). The number of nitrogens with one attached hydrogen (secondary N) is 2. The molecule has 6 nitrogen and oxygen atoms in total. The van der Waals surface area contributed by atoms with Gasteiger partial charge in [0.15, 0.2) is 0 Å². The lowest BCUT2D eigenvalue weighted by Crippen LogP contribution is -2.54. The van der Waals surface area contributed by atoms with E-state index in [0.29, 0.717) is 18.9 Å². The van der Waals surface area contributed by atoms with E-state index in [1.807, 2.05) is 24.3 Å². The number of aliphatic hydroxyl groups is 1. The van der Waals surface area contributed by atoms with Crippen molar-refractivity contribution in [3.63, 3.8) is 0 Å². The number of aliphatic hydroxyl groups excluding tert-OH is 1. The summed E-state index contributed by atoms with van der Waals surface area (Å²) in [6, 6.07) is 15.6. The molecule has 3 atom stereocenters. The summed E-state index contributed by atoms with van der Waals surface area (Å²) in [7, 11) is -3.67. The van der Waals surface area contributed by atoms with Gasteiger partial charge in [-0.05, 0) is 42.5 Å². The number of sulfonamides is 1. The summed E-state index contributed by atoms with van der Waals surface area (Å²) >= 11 is 0. The van der Waals surface area contributed by atoms with Gasteiger partial charge >= 0.3 is 0 Å². The molecule has 0 bridgehead atoms. The normalized spacial score (nSPS) is 20.1. The van der Waals surface area contributed by atoms with E-state index in [9.17, 15) is 13.5 Å². The van der Waals surface area contributed by atoms with Crippen LogP contribution in [0.5, 0.6) is 5.75 Å². The van der Waals surface area contributed by atoms with Crippen molar-refractivity contribution in [1.29, 1.82) is 0 Å². The van der Waals surface area contributed by atoms with Gasteiger partial charge in [-0.1, -0.05) is 50.2 Å². The second-order valence-electron chi connectivity index (χ2n) is 7.93. The van der Waals surface area contributed by atoms with Gasteiger partial charge in [-0.25, -0.2) is 13.1 Å². The summed E-state index contributed by atoms with van der Waals surface area (Å²) in [6.07, 6.45) is 0.993. The SMILES string of the molecule is CC(C)C[C@H](CO)NCC1Oc2ccccc2CC1NS(=O)(=O)c1ccccc1. The van der Waals surface area contributed by atoms with Crippen LogP contribution in [0.3, 0.4) is 0 Å². The Labute approximate surface area is 173 Å². The lowest BCUT2D eigenvalue weighted by atomic mass is 9.97. The zero-order valence-corrected chi connectivity index (χ0v) is 17.7. The van der Waals surface area contributed by atoms with Crippen LogP contribution >= 0.6 is 0 Å². The lowest BCUT2D eigenvalue weighted by Gasteiger charge is -2.35. The van der Waals surface area contributed by atoms with Crippen molar-refractivity contribution in [3.8, 4) is 5.75 Å². The average molecular weight is 419 g/mol. The van der Waals surface area contributed by atoms with Crippen LogP contribution in [0.2, 0.25) is 0 Å². The molecule has 1 aliphatic heterocycles. The molecule has 3 N–H and O–H groups in total. The molecular weight excluding hydrogens is 388 g/mol. The average Bonchev–Trinajstić information content (AvgIpc) is 2.71. The third kappa shape index (κ3) is 5.79. The third-order valence-electron chi connectivity index (χ3n) is 5.08. The predicted octanol–water partition coefficient (Wildman–Crippen LogP) is 2.33. The first-order chi connectivity index (χ1) is 13.9. The number of fused-ring (bicyclic) bond motifs is 1.